The first-order chi connectivity index (χ1) is 35.8. The first-order valence-electron chi connectivity index (χ1n) is 25.2. The van der Waals surface area contributed by atoms with Crippen LogP contribution in [0.15, 0.2) is 69.9 Å². The lowest BCUT2D eigenvalue weighted by Crippen LogP contribution is -2.47. The molecule has 0 spiro atoms. The quantitative estimate of drug-likeness (QED) is 0.0556. The summed E-state index contributed by atoms with van der Waals surface area (Å²) in [7, 11) is 0. The lowest BCUT2D eigenvalue weighted by atomic mass is 10.1. The van der Waals surface area contributed by atoms with E-state index in [1.165, 1.54) is 12.5 Å². The van der Waals surface area contributed by atoms with Gasteiger partial charge in [0.25, 0.3) is 12.0 Å². The number of hydrogen-bond acceptors (Lipinski definition) is 20. The van der Waals surface area contributed by atoms with Crippen molar-refractivity contribution in [2.75, 3.05) is 80.3 Å². The molecule has 23 heteroatoms. The number of para-hydroxylation sites is 2. The summed E-state index contributed by atoms with van der Waals surface area (Å²) in [5.41, 5.74) is 0.800. The SMILES string of the molecule is CCOC(=O)c1coc(N2CCN(c3nc([C@H](CC)NC(=O)OC(C)(C)C)nc4ccccc34)CC2)n1.CCOC(=O)c1coc(N2CCNCC2)n1.CC[C@H](NC(=O)OC(C)(C)C)c1nc(Cl)c2ccccc2n1. The molecule has 2 aromatic carbocycles. The zero-order chi connectivity index (χ0) is 54.3. The summed E-state index contributed by atoms with van der Waals surface area (Å²) < 4.78 is 31.3. The van der Waals surface area contributed by atoms with Crippen molar-refractivity contribution < 1.29 is 47.0 Å². The van der Waals surface area contributed by atoms with Crippen molar-refractivity contribution >= 4 is 75.4 Å². The topological polar surface area (TPSA) is 255 Å². The van der Waals surface area contributed by atoms with E-state index in [1.54, 1.807) is 13.8 Å². The van der Waals surface area contributed by atoms with Gasteiger partial charge in [0.2, 0.25) is 0 Å². The zero-order valence-corrected chi connectivity index (χ0v) is 45.2. The Labute approximate surface area is 441 Å². The minimum absolute atomic E-state index is 0.161. The van der Waals surface area contributed by atoms with Gasteiger partial charge < -0.3 is 58.4 Å². The van der Waals surface area contributed by atoms with Crippen LogP contribution in [-0.4, -0.2) is 131 Å². The largest absolute Gasteiger partial charge is 0.461 e. The van der Waals surface area contributed by atoms with E-state index in [0.29, 0.717) is 74.5 Å². The van der Waals surface area contributed by atoms with Crippen molar-refractivity contribution in [3.63, 3.8) is 0 Å². The molecule has 0 saturated carbocycles. The van der Waals surface area contributed by atoms with Crippen LogP contribution in [0.25, 0.3) is 21.8 Å². The van der Waals surface area contributed by atoms with E-state index in [4.69, 9.17) is 49.4 Å². The fraction of sp³-hybridized carbons (Fsp3) is 0.500. The van der Waals surface area contributed by atoms with E-state index in [0.717, 1.165) is 53.8 Å². The molecule has 2 aliphatic rings. The number of hydrogen-bond donors (Lipinski definition) is 3. The van der Waals surface area contributed by atoms with E-state index in [1.807, 2.05) is 114 Å². The molecular formula is C52H69ClN12O10. The summed E-state index contributed by atoms with van der Waals surface area (Å²) in [4.78, 5) is 80.7. The number of carbonyl (C=O) groups is 4. The molecule has 75 heavy (non-hydrogen) atoms. The number of anilines is 3. The maximum atomic E-state index is 12.5. The molecule has 0 unspecified atom stereocenters. The van der Waals surface area contributed by atoms with E-state index >= 15 is 0 Å². The van der Waals surface area contributed by atoms with Crippen LogP contribution >= 0.6 is 11.6 Å². The first-order valence-corrected chi connectivity index (χ1v) is 25.6. The van der Waals surface area contributed by atoms with Crippen molar-refractivity contribution in [1.82, 2.24) is 45.9 Å². The van der Waals surface area contributed by atoms with Crippen molar-refractivity contribution in [2.24, 2.45) is 0 Å². The number of aromatic nitrogens is 6. The van der Waals surface area contributed by atoms with Crippen molar-refractivity contribution in [1.29, 1.82) is 0 Å². The molecule has 2 atom stereocenters. The number of halogens is 1. The summed E-state index contributed by atoms with van der Waals surface area (Å²) >= 11 is 6.21. The van der Waals surface area contributed by atoms with Gasteiger partial charge in [-0.25, -0.2) is 39.1 Å². The third-order valence-corrected chi connectivity index (χ3v) is 11.5. The minimum atomic E-state index is -0.600. The summed E-state index contributed by atoms with van der Waals surface area (Å²) in [6, 6.07) is 15.5. The van der Waals surface area contributed by atoms with Crippen molar-refractivity contribution in [3.8, 4) is 0 Å². The summed E-state index contributed by atoms with van der Waals surface area (Å²) in [5.74, 6) is 0.895. The molecule has 4 aromatic heterocycles. The van der Waals surface area contributed by atoms with Gasteiger partial charge in [-0.3, -0.25) is 0 Å². The lowest BCUT2D eigenvalue weighted by Gasteiger charge is -2.35. The number of fused-ring (bicyclic) bond motifs is 2. The molecule has 0 radical (unpaired) electrons. The second kappa shape index (κ2) is 26.2. The molecule has 22 nitrogen and oxygen atoms in total. The number of nitrogens with one attached hydrogen (secondary N) is 3. The van der Waals surface area contributed by atoms with E-state index < -0.39 is 41.4 Å². The van der Waals surface area contributed by atoms with Gasteiger partial charge in [0.1, 0.15) is 34.7 Å². The molecule has 2 saturated heterocycles. The van der Waals surface area contributed by atoms with Gasteiger partial charge in [0, 0.05) is 63.1 Å². The molecule has 0 aliphatic carbocycles. The highest BCUT2D eigenvalue weighted by Gasteiger charge is 2.28. The van der Waals surface area contributed by atoms with Gasteiger partial charge in [-0.2, -0.15) is 9.97 Å². The number of ether oxygens (including phenoxy) is 4. The van der Waals surface area contributed by atoms with Crippen molar-refractivity contribution in [2.45, 2.75) is 105 Å². The van der Waals surface area contributed by atoms with Crippen LogP contribution in [0.1, 0.15) is 127 Å². The van der Waals surface area contributed by atoms with Gasteiger partial charge >= 0.3 is 24.1 Å². The number of rotatable bonds is 13. The Morgan fingerprint density at radius 1 is 0.600 bits per heavy atom. The highest BCUT2D eigenvalue weighted by molar-refractivity contribution is 6.34. The summed E-state index contributed by atoms with van der Waals surface area (Å²) in [6.07, 6.45) is 2.92. The average Bonchev–Trinajstić information content (AvgIpc) is 4.09. The molecule has 6 heterocycles. The van der Waals surface area contributed by atoms with Gasteiger partial charge in [-0.1, -0.05) is 49.7 Å². The molecule has 2 amide bonds. The molecule has 3 N–H and O–H groups in total. The number of benzene rings is 2. The highest BCUT2D eigenvalue weighted by Crippen LogP contribution is 2.29. The fourth-order valence-electron chi connectivity index (χ4n) is 7.67. The number of piperazine rings is 2. The predicted octanol–water partition coefficient (Wildman–Crippen LogP) is 8.62. The molecule has 404 valence electrons. The Balaban J connectivity index is 0.000000203. The average molecular weight is 1060 g/mol. The second-order valence-corrected chi connectivity index (χ2v) is 19.6. The monoisotopic (exact) mass is 1060 g/mol. The van der Waals surface area contributed by atoms with Crippen LogP contribution in [0.3, 0.4) is 0 Å². The zero-order valence-electron chi connectivity index (χ0n) is 44.4. The third kappa shape index (κ3) is 16.3. The molecule has 6 aromatic rings. The Kier molecular flexibility index (Phi) is 19.9. The van der Waals surface area contributed by atoms with E-state index in [-0.39, 0.29) is 24.0 Å². The number of nitrogens with zero attached hydrogens (tertiary/aromatic N) is 9. The Morgan fingerprint density at radius 3 is 1.49 bits per heavy atom. The van der Waals surface area contributed by atoms with Gasteiger partial charge in [0.15, 0.2) is 23.0 Å². The summed E-state index contributed by atoms with van der Waals surface area (Å²) in [6.45, 7) is 25.0. The van der Waals surface area contributed by atoms with Crippen LogP contribution < -0.4 is 30.7 Å². The number of alkyl carbamates (subject to hydrolysis) is 2. The van der Waals surface area contributed by atoms with E-state index in [2.05, 4.69) is 40.8 Å². The second-order valence-electron chi connectivity index (χ2n) is 19.2. The van der Waals surface area contributed by atoms with Gasteiger partial charge in [0.05, 0.1) is 36.3 Å². The molecule has 2 aliphatic heterocycles. The van der Waals surface area contributed by atoms with Crippen LogP contribution in [0.4, 0.5) is 27.4 Å². The maximum absolute atomic E-state index is 12.5. The number of oxazole rings is 2. The van der Waals surface area contributed by atoms with E-state index in [9.17, 15) is 19.2 Å². The molecule has 8 rings (SSSR count). The molecular weight excluding hydrogens is 988 g/mol. The maximum Gasteiger partial charge on any atom is 0.408 e. The van der Waals surface area contributed by atoms with Crippen molar-refractivity contribution in [3.05, 3.63) is 89.2 Å². The van der Waals surface area contributed by atoms with Gasteiger partial charge in [-0.15, -0.1) is 0 Å². The summed E-state index contributed by atoms with van der Waals surface area (Å²) in [5, 5.41) is 11.0. The Bertz CT molecular complexity index is 2850. The Hall–Kier alpha value is -7.33. The highest BCUT2D eigenvalue weighted by atomic mass is 35.5. The lowest BCUT2D eigenvalue weighted by molar-refractivity contribution is 0.0488. The van der Waals surface area contributed by atoms with Crippen LogP contribution in [-0.2, 0) is 18.9 Å². The normalized spacial score (nSPS) is 14.6. The van der Waals surface area contributed by atoms with Crippen LogP contribution in [0.5, 0.6) is 0 Å². The van der Waals surface area contributed by atoms with Crippen LogP contribution in [0, 0.1) is 0 Å². The number of esters is 2. The molecule has 0 bridgehead atoms. The third-order valence-electron chi connectivity index (χ3n) is 11.2. The number of amides is 2. The molecule has 2 fully saturated rings. The standard InChI is InChI=1S/C26H34N6O5.C16H20ClN3O2.C10H15N3O3/c1-6-18(29-25(34)37-26(3,4)5)21-27-19-11-9-8-10-17(19)22(30-21)31-12-14-32(15-13-31)24-28-20(16-36-24)23(33)35-7-2;1-5-11(19-15(21)22-16(2,3)4)14-18-12-9-7-6-8-10(12)13(17)20-14;1-2-15-9(14)8-7-16-10(12-8)13-5-3-11-4-6-13/h8-11,16,18H,6-7,12-15H2,1-5H3,(H,29,34);6-9,11H,5H2,1-4H3,(H,19,21);7,11H,2-6H2,1H3/t18-;11-;/m00./s1. The fourth-order valence-corrected chi connectivity index (χ4v) is 7.91. The minimum Gasteiger partial charge on any atom is -0.461 e. The van der Waals surface area contributed by atoms with Gasteiger partial charge in [-0.05, 0) is 92.5 Å². The Morgan fingerprint density at radius 2 is 1.03 bits per heavy atom. The van der Waals surface area contributed by atoms with Crippen LogP contribution in [0.2, 0.25) is 5.15 Å². The first kappa shape index (κ1) is 57.0. The predicted molar refractivity (Wildman–Crippen MR) is 283 cm³/mol. The smallest absolute Gasteiger partial charge is 0.408 e. The number of carbonyl (C=O) groups excluding carboxylic acids is 4.